The Kier molecular flexibility index (Phi) is 3.39. The normalized spacial score (nSPS) is 14.5. The molecule has 0 bridgehead atoms. The first-order chi connectivity index (χ1) is 11.5. The first kappa shape index (κ1) is 15.2. The lowest BCUT2D eigenvalue weighted by atomic mass is 9.96. The summed E-state index contributed by atoms with van der Waals surface area (Å²) in [6, 6.07) is 14.9. The molecule has 3 aromatic rings. The van der Waals surface area contributed by atoms with Crippen molar-refractivity contribution in [1.29, 1.82) is 0 Å². The maximum absolute atomic E-state index is 13.3. The third kappa shape index (κ3) is 2.21. The first-order valence-electron chi connectivity index (χ1n) is 8.07. The van der Waals surface area contributed by atoms with Crippen LogP contribution in [-0.4, -0.2) is 12.4 Å². The van der Waals surface area contributed by atoms with Crippen LogP contribution in [0.15, 0.2) is 65.1 Å². The van der Waals surface area contributed by atoms with Gasteiger partial charge >= 0.3 is 0 Å². The molecule has 4 heteroatoms. The molecular formula is C20H19NO2S. The molecule has 122 valence electrons. The molecule has 2 aromatic carbocycles. The van der Waals surface area contributed by atoms with Gasteiger partial charge in [0.1, 0.15) is 0 Å². The molecule has 0 saturated heterocycles. The van der Waals surface area contributed by atoms with E-state index < -0.39 is 10.0 Å². The maximum atomic E-state index is 13.3. The van der Waals surface area contributed by atoms with Gasteiger partial charge in [0.2, 0.25) is 0 Å². The molecule has 1 aliphatic carbocycles. The smallest absolute Gasteiger partial charge is 0.237 e. The number of fused-ring (bicyclic) bond motifs is 3. The third-order valence-electron chi connectivity index (χ3n) is 4.70. The van der Waals surface area contributed by atoms with Crippen molar-refractivity contribution in [3.8, 4) is 0 Å². The van der Waals surface area contributed by atoms with Gasteiger partial charge < -0.3 is 0 Å². The standard InChI is InChI=1S/C20H19NO2S/c1-14-7-10-16(11-8-14)24(22,23)21-19-6-4-3-5-17(19)18-12-9-15(2)13-20(18)21/h3-11H,12-13H2,1-2H3. The molecular weight excluding hydrogens is 318 g/mol. The molecule has 0 saturated carbocycles. The molecule has 0 spiro atoms. The van der Waals surface area contributed by atoms with E-state index in [1.807, 2.05) is 43.3 Å². The SMILES string of the molecule is CC1=CCc2c(n(S(=O)(=O)c3ccc(C)cc3)c3ccccc23)C1. The van der Waals surface area contributed by atoms with Gasteiger partial charge in [-0.25, -0.2) is 12.4 Å². The Hall–Kier alpha value is -2.33. The van der Waals surface area contributed by atoms with E-state index in [0.717, 1.165) is 34.1 Å². The minimum absolute atomic E-state index is 0.337. The second-order valence-electron chi connectivity index (χ2n) is 6.46. The Bertz CT molecular complexity index is 1070. The van der Waals surface area contributed by atoms with Crippen molar-refractivity contribution < 1.29 is 8.42 Å². The fourth-order valence-electron chi connectivity index (χ4n) is 3.44. The largest absolute Gasteiger partial charge is 0.268 e. The van der Waals surface area contributed by atoms with Crippen molar-refractivity contribution in [1.82, 2.24) is 3.97 Å². The van der Waals surface area contributed by atoms with E-state index in [9.17, 15) is 8.42 Å². The maximum Gasteiger partial charge on any atom is 0.268 e. The second kappa shape index (κ2) is 5.35. The number of para-hydroxylation sites is 1. The van der Waals surface area contributed by atoms with Gasteiger partial charge in [-0.1, -0.05) is 47.5 Å². The Morgan fingerprint density at radius 1 is 0.958 bits per heavy atom. The summed E-state index contributed by atoms with van der Waals surface area (Å²) >= 11 is 0. The van der Waals surface area contributed by atoms with Gasteiger partial charge in [-0.3, -0.25) is 0 Å². The van der Waals surface area contributed by atoms with Crippen molar-refractivity contribution in [3.05, 3.63) is 77.0 Å². The zero-order chi connectivity index (χ0) is 16.9. The monoisotopic (exact) mass is 337 g/mol. The number of rotatable bonds is 2. The number of hydrogen-bond acceptors (Lipinski definition) is 2. The average Bonchev–Trinajstić information content (AvgIpc) is 2.89. The van der Waals surface area contributed by atoms with Crippen LogP contribution in [0.25, 0.3) is 10.9 Å². The van der Waals surface area contributed by atoms with Gasteiger partial charge in [0.15, 0.2) is 0 Å². The highest BCUT2D eigenvalue weighted by molar-refractivity contribution is 7.90. The zero-order valence-corrected chi connectivity index (χ0v) is 14.6. The van der Waals surface area contributed by atoms with Gasteiger partial charge in [0.05, 0.1) is 10.4 Å². The van der Waals surface area contributed by atoms with E-state index in [0.29, 0.717) is 11.3 Å². The first-order valence-corrected chi connectivity index (χ1v) is 9.51. The highest BCUT2D eigenvalue weighted by Gasteiger charge is 2.27. The van der Waals surface area contributed by atoms with Crippen molar-refractivity contribution in [2.75, 3.05) is 0 Å². The topological polar surface area (TPSA) is 39.1 Å². The Morgan fingerprint density at radius 3 is 2.42 bits per heavy atom. The summed E-state index contributed by atoms with van der Waals surface area (Å²) in [5, 5.41) is 1.03. The van der Waals surface area contributed by atoms with E-state index in [1.165, 1.54) is 5.57 Å². The lowest BCUT2D eigenvalue weighted by molar-refractivity contribution is 0.587. The number of aromatic nitrogens is 1. The highest BCUT2D eigenvalue weighted by atomic mass is 32.2. The Morgan fingerprint density at radius 2 is 1.67 bits per heavy atom. The Labute approximate surface area is 142 Å². The van der Waals surface area contributed by atoms with Crippen LogP contribution in [0, 0.1) is 6.92 Å². The minimum atomic E-state index is -3.61. The van der Waals surface area contributed by atoms with Gasteiger partial charge in [-0.2, -0.15) is 0 Å². The van der Waals surface area contributed by atoms with Gasteiger partial charge in [-0.15, -0.1) is 0 Å². The zero-order valence-electron chi connectivity index (χ0n) is 13.8. The van der Waals surface area contributed by atoms with Crippen LogP contribution in [-0.2, 0) is 22.9 Å². The van der Waals surface area contributed by atoms with Crippen LogP contribution in [0.3, 0.4) is 0 Å². The molecule has 3 nitrogen and oxygen atoms in total. The predicted molar refractivity (Wildman–Crippen MR) is 96.9 cm³/mol. The van der Waals surface area contributed by atoms with Crippen LogP contribution in [0.2, 0.25) is 0 Å². The van der Waals surface area contributed by atoms with Crippen LogP contribution < -0.4 is 0 Å². The molecule has 0 unspecified atom stereocenters. The van der Waals surface area contributed by atoms with E-state index >= 15 is 0 Å². The molecule has 0 fully saturated rings. The number of hydrogen-bond donors (Lipinski definition) is 0. The average molecular weight is 337 g/mol. The minimum Gasteiger partial charge on any atom is -0.237 e. The van der Waals surface area contributed by atoms with Crippen molar-refractivity contribution in [3.63, 3.8) is 0 Å². The van der Waals surface area contributed by atoms with E-state index in [-0.39, 0.29) is 0 Å². The summed E-state index contributed by atoms with van der Waals surface area (Å²) in [6.45, 7) is 4.01. The van der Waals surface area contributed by atoms with Crippen LogP contribution in [0.1, 0.15) is 23.7 Å². The third-order valence-corrected chi connectivity index (χ3v) is 6.47. The molecule has 1 aromatic heterocycles. The van der Waals surface area contributed by atoms with Crippen LogP contribution in [0.4, 0.5) is 0 Å². The molecule has 0 N–H and O–H groups in total. The van der Waals surface area contributed by atoms with Crippen molar-refractivity contribution >= 4 is 20.9 Å². The highest BCUT2D eigenvalue weighted by Crippen LogP contribution is 2.34. The lowest BCUT2D eigenvalue weighted by Gasteiger charge is -2.16. The van der Waals surface area contributed by atoms with Gasteiger partial charge in [0, 0.05) is 17.5 Å². The van der Waals surface area contributed by atoms with E-state index in [2.05, 4.69) is 13.0 Å². The molecule has 1 aliphatic rings. The second-order valence-corrected chi connectivity index (χ2v) is 8.24. The summed E-state index contributed by atoms with van der Waals surface area (Å²) in [6.07, 6.45) is 3.66. The summed E-state index contributed by atoms with van der Waals surface area (Å²) in [4.78, 5) is 0.337. The van der Waals surface area contributed by atoms with Crippen molar-refractivity contribution in [2.24, 2.45) is 0 Å². The van der Waals surface area contributed by atoms with Crippen LogP contribution in [0.5, 0.6) is 0 Å². The fourth-order valence-corrected chi connectivity index (χ4v) is 5.01. The molecule has 0 atom stereocenters. The quantitative estimate of drug-likeness (QED) is 0.656. The molecule has 1 heterocycles. The summed E-state index contributed by atoms with van der Waals surface area (Å²) in [5.74, 6) is 0. The number of nitrogens with zero attached hydrogens (tertiary/aromatic N) is 1. The van der Waals surface area contributed by atoms with Gasteiger partial charge in [0.25, 0.3) is 10.0 Å². The Balaban J connectivity index is 2.04. The molecule has 24 heavy (non-hydrogen) atoms. The molecule has 0 radical (unpaired) electrons. The predicted octanol–water partition coefficient (Wildman–Crippen LogP) is 4.23. The number of benzene rings is 2. The fraction of sp³-hybridized carbons (Fsp3) is 0.200. The summed E-state index contributed by atoms with van der Waals surface area (Å²) in [7, 11) is -3.61. The molecule has 4 rings (SSSR count). The molecule has 0 amide bonds. The summed E-state index contributed by atoms with van der Waals surface area (Å²) < 4.78 is 28.2. The van der Waals surface area contributed by atoms with E-state index in [4.69, 9.17) is 0 Å². The van der Waals surface area contributed by atoms with E-state index in [1.54, 1.807) is 16.1 Å². The molecule has 0 aliphatic heterocycles. The van der Waals surface area contributed by atoms with Crippen molar-refractivity contribution in [2.45, 2.75) is 31.6 Å². The summed E-state index contributed by atoms with van der Waals surface area (Å²) in [5.41, 5.74) is 5.06. The lowest BCUT2D eigenvalue weighted by Crippen LogP contribution is -2.17. The number of aryl methyl sites for hydroxylation is 1. The number of allylic oxidation sites excluding steroid dienone is 2. The van der Waals surface area contributed by atoms with Gasteiger partial charge in [-0.05, 0) is 44.0 Å². The van der Waals surface area contributed by atoms with Crippen LogP contribution >= 0.6 is 0 Å².